The first-order chi connectivity index (χ1) is 6.69. The minimum Gasteiger partial charge on any atom is -0.495 e. The molecule has 0 fully saturated rings. The van der Waals surface area contributed by atoms with E-state index in [1.54, 1.807) is 0 Å². The molecule has 0 aromatic heterocycles. The van der Waals surface area contributed by atoms with Gasteiger partial charge in [0.1, 0.15) is 11.6 Å². The van der Waals surface area contributed by atoms with Crippen molar-refractivity contribution in [2.75, 3.05) is 13.7 Å². The van der Waals surface area contributed by atoms with Crippen LogP contribution >= 0.6 is 11.6 Å². The molecule has 0 saturated heterocycles. The lowest BCUT2D eigenvalue weighted by molar-refractivity contribution is 0.140. The first kappa shape index (κ1) is 11.2. The van der Waals surface area contributed by atoms with E-state index in [2.05, 4.69) is 4.84 Å². The maximum Gasteiger partial charge on any atom is 0.140 e. The number of hydrogen-bond acceptors (Lipinski definition) is 3. The fourth-order valence-corrected chi connectivity index (χ4v) is 1.50. The third-order valence-corrected chi connectivity index (χ3v) is 2.06. The zero-order valence-electron chi connectivity index (χ0n) is 7.72. The van der Waals surface area contributed by atoms with Crippen LogP contribution in [0.25, 0.3) is 0 Å². The highest BCUT2D eigenvalue weighted by molar-refractivity contribution is 6.32. The van der Waals surface area contributed by atoms with E-state index in [0.29, 0.717) is 17.7 Å². The number of halogens is 2. The molecule has 0 aliphatic rings. The van der Waals surface area contributed by atoms with Crippen LogP contribution < -0.4 is 10.6 Å². The van der Waals surface area contributed by atoms with Crippen molar-refractivity contribution >= 4 is 11.6 Å². The Labute approximate surface area is 86.5 Å². The van der Waals surface area contributed by atoms with Gasteiger partial charge < -0.3 is 9.57 Å². The summed E-state index contributed by atoms with van der Waals surface area (Å²) < 4.78 is 18.0. The molecule has 2 N–H and O–H groups in total. The Hall–Kier alpha value is -0.840. The molecular weight excluding hydrogens is 209 g/mol. The van der Waals surface area contributed by atoms with Crippen molar-refractivity contribution < 1.29 is 14.0 Å². The van der Waals surface area contributed by atoms with Gasteiger partial charge in [-0.1, -0.05) is 11.6 Å². The van der Waals surface area contributed by atoms with Crippen molar-refractivity contribution in [2.24, 2.45) is 5.90 Å². The zero-order valence-corrected chi connectivity index (χ0v) is 8.47. The lowest BCUT2D eigenvalue weighted by Crippen LogP contribution is -2.05. The highest BCUT2D eigenvalue weighted by Crippen LogP contribution is 2.29. The molecule has 0 unspecified atom stereocenters. The molecule has 0 amide bonds. The summed E-state index contributed by atoms with van der Waals surface area (Å²) in [5, 5.41) is 0.250. The van der Waals surface area contributed by atoms with Crippen LogP contribution in [0.4, 0.5) is 4.39 Å². The fourth-order valence-electron chi connectivity index (χ4n) is 1.20. The molecular formula is C9H11ClFNO2. The van der Waals surface area contributed by atoms with E-state index in [-0.39, 0.29) is 11.6 Å². The monoisotopic (exact) mass is 219 g/mol. The Bertz CT molecular complexity index is 320. The summed E-state index contributed by atoms with van der Waals surface area (Å²) in [5.74, 6) is 4.94. The lowest BCUT2D eigenvalue weighted by Gasteiger charge is -2.09. The van der Waals surface area contributed by atoms with Crippen LogP contribution in [0.1, 0.15) is 5.56 Å². The van der Waals surface area contributed by atoms with Gasteiger partial charge in [-0.2, -0.15) is 0 Å². The molecule has 0 atom stereocenters. The van der Waals surface area contributed by atoms with E-state index < -0.39 is 5.82 Å². The van der Waals surface area contributed by atoms with Crippen LogP contribution in [0.5, 0.6) is 5.75 Å². The van der Waals surface area contributed by atoms with E-state index in [1.807, 2.05) is 0 Å². The highest BCUT2D eigenvalue weighted by Gasteiger charge is 2.09. The maximum absolute atomic E-state index is 13.0. The fraction of sp³-hybridized carbons (Fsp3) is 0.333. The minimum absolute atomic E-state index is 0.250. The van der Waals surface area contributed by atoms with Gasteiger partial charge in [-0.3, -0.25) is 0 Å². The molecule has 3 nitrogen and oxygen atoms in total. The molecule has 0 bridgehead atoms. The number of hydrogen-bond donors (Lipinski definition) is 1. The van der Waals surface area contributed by atoms with Crippen molar-refractivity contribution in [3.05, 3.63) is 28.5 Å². The number of nitrogens with two attached hydrogens (primary N) is 1. The molecule has 14 heavy (non-hydrogen) atoms. The summed E-state index contributed by atoms with van der Waals surface area (Å²) in [6.07, 6.45) is 0.456. The van der Waals surface area contributed by atoms with E-state index >= 15 is 0 Å². The molecule has 78 valence electrons. The molecule has 1 aromatic rings. The third kappa shape index (κ3) is 2.57. The van der Waals surface area contributed by atoms with Crippen molar-refractivity contribution in [3.8, 4) is 5.75 Å². The van der Waals surface area contributed by atoms with E-state index in [1.165, 1.54) is 19.2 Å². The summed E-state index contributed by atoms with van der Waals surface area (Å²) >= 11 is 5.78. The second-order valence-corrected chi connectivity index (χ2v) is 3.11. The van der Waals surface area contributed by atoms with Gasteiger partial charge in [0.15, 0.2) is 0 Å². The third-order valence-electron chi connectivity index (χ3n) is 1.78. The van der Waals surface area contributed by atoms with E-state index in [9.17, 15) is 4.39 Å². The van der Waals surface area contributed by atoms with Gasteiger partial charge in [-0.05, 0) is 12.1 Å². The van der Waals surface area contributed by atoms with E-state index in [0.717, 1.165) is 0 Å². The normalized spacial score (nSPS) is 10.3. The number of ether oxygens (including phenoxy) is 1. The number of benzene rings is 1. The van der Waals surface area contributed by atoms with Crippen molar-refractivity contribution in [1.29, 1.82) is 0 Å². The molecule has 0 radical (unpaired) electrons. The standard InChI is InChI=1S/C9H11ClFNO2/c1-13-9-6(2-3-14-12)4-7(11)5-8(9)10/h4-5H,2-3,12H2,1H3. The molecule has 0 heterocycles. The molecule has 1 rings (SSSR count). The average molecular weight is 220 g/mol. The molecule has 5 heteroatoms. The van der Waals surface area contributed by atoms with Crippen LogP contribution in [0.2, 0.25) is 5.02 Å². The van der Waals surface area contributed by atoms with Gasteiger partial charge in [0, 0.05) is 12.0 Å². The largest absolute Gasteiger partial charge is 0.495 e. The summed E-state index contributed by atoms with van der Waals surface area (Å²) in [5.41, 5.74) is 0.642. The van der Waals surface area contributed by atoms with Crippen molar-refractivity contribution in [3.63, 3.8) is 0 Å². The van der Waals surface area contributed by atoms with Gasteiger partial charge in [-0.25, -0.2) is 10.3 Å². The smallest absolute Gasteiger partial charge is 0.140 e. The predicted molar refractivity (Wildman–Crippen MR) is 51.8 cm³/mol. The quantitative estimate of drug-likeness (QED) is 0.787. The molecule has 0 aliphatic carbocycles. The van der Waals surface area contributed by atoms with Crippen LogP contribution in [0.15, 0.2) is 12.1 Å². The molecule has 1 aromatic carbocycles. The van der Waals surface area contributed by atoms with Gasteiger partial charge in [-0.15, -0.1) is 0 Å². The van der Waals surface area contributed by atoms with E-state index in [4.69, 9.17) is 22.2 Å². The molecule has 0 aliphatic heterocycles. The summed E-state index contributed by atoms with van der Waals surface area (Å²) in [6.45, 7) is 0.288. The Kier molecular flexibility index (Phi) is 4.13. The summed E-state index contributed by atoms with van der Waals surface area (Å²) in [6, 6.07) is 2.55. The number of rotatable bonds is 4. The van der Waals surface area contributed by atoms with Crippen LogP contribution in [0, 0.1) is 5.82 Å². The van der Waals surface area contributed by atoms with Crippen molar-refractivity contribution in [1.82, 2.24) is 0 Å². The van der Waals surface area contributed by atoms with Crippen LogP contribution in [-0.4, -0.2) is 13.7 Å². The topological polar surface area (TPSA) is 44.5 Å². The van der Waals surface area contributed by atoms with Gasteiger partial charge in [0.2, 0.25) is 0 Å². The summed E-state index contributed by atoms with van der Waals surface area (Å²) in [4.78, 5) is 4.40. The Morgan fingerprint density at radius 1 is 1.50 bits per heavy atom. The Morgan fingerprint density at radius 2 is 2.21 bits per heavy atom. The Morgan fingerprint density at radius 3 is 2.79 bits per heavy atom. The zero-order chi connectivity index (χ0) is 10.6. The highest BCUT2D eigenvalue weighted by atomic mass is 35.5. The van der Waals surface area contributed by atoms with Gasteiger partial charge >= 0.3 is 0 Å². The second-order valence-electron chi connectivity index (χ2n) is 2.70. The summed E-state index contributed by atoms with van der Waals surface area (Å²) in [7, 11) is 1.48. The SMILES string of the molecule is COc1c(Cl)cc(F)cc1CCON. The minimum atomic E-state index is -0.400. The number of methoxy groups -OCH3 is 1. The Balaban J connectivity index is 2.99. The first-order valence-electron chi connectivity index (χ1n) is 4.02. The molecule has 0 saturated carbocycles. The lowest BCUT2D eigenvalue weighted by atomic mass is 10.1. The molecule has 0 spiro atoms. The second kappa shape index (κ2) is 5.14. The predicted octanol–water partition coefficient (Wildman–Crippen LogP) is 1.92. The van der Waals surface area contributed by atoms with Crippen LogP contribution in [-0.2, 0) is 11.3 Å². The first-order valence-corrected chi connectivity index (χ1v) is 4.40. The van der Waals surface area contributed by atoms with Crippen LogP contribution in [0.3, 0.4) is 0 Å². The van der Waals surface area contributed by atoms with Crippen molar-refractivity contribution in [2.45, 2.75) is 6.42 Å². The van der Waals surface area contributed by atoms with Gasteiger partial charge in [0.05, 0.1) is 18.7 Å². The average Bonchev–Trinajstić information content (AvgIpc) is 2.14. The van der Waals surface area contributed by atoms with Gasteiger partial charge in [0.25, 0.3) is 0 Å². The maximum atomic E-state index is 13.0.